The number of carbonyl (C=O) groups is 1. The van der Waals surface area contributed by atoms with Crippen LogP contribution in [0.15, 0.2) is 0 Å². The Kier molecular flexibility index (Phi) is 2.84. The van der Waals surface area contributed by atoms with E-state index in [4.69, 9.17) is 9.47 Å². The molecule has 2 bridgehead atoms. The summed E-state index contributed by atoms with van der Waals surface area (Å²) in [7, 11) is 0. The molecule has 0 aromatic rings. The maximum absolute atomic E-state index is 12.2. The van der Waals surface area contributed by atoms with Crippen molar-refractivity contribution >= 4 is 6.09 Å². The van der Waals surface area contributed by atoms with Crippen molar-refractivity contribution in [2.24, 2.45) is 0 Å². The Labute approximate surface area is 114 Å². The molecule has 0 aromatic carbocycles. The van der Waals surface area contributed by atoms with Crippen LogP contribution in [-0.4, -0.2) is 65.4 Å². The molecule has 0 aliphatic carbocycles. The predicted octanol–water partition coefficient (Wildman–Crippen LogP) is 1.47. The van der Waals surface area contributed by atoms with Gasteiger partial charge in [0.05, 0.1) is 30.8 Å². The Morgan fingerprint density at radius 1 is 1.26 bits per heavy atom. The van der Waals surface area contributed by atoms with Crippen LogP contribution < -0.4 is 0 Å². The molecule has 2 atom stereocenters. The molecular formula is C14H24N2O3. The fourth-order valence-electron chi connectivity index (χ4n) is 3.24. The van der Waals surface area contributed by atoms with Gasteiger partial charge >= 0.3 is 6.09 Å². The number of nitrogens with zero attached hydrogens (tertiary/aromatic N) is 2. The third kappa shape index (κ3) is 2.23. The Balaban J connectivity index is 1.60. The average Bonchev–Trinajstić information content (AvgIpc) is 2.23. The SMILES string of the molecule is CC(C)(C)OC(=O)N1C2CC1CN(C1(C)COC1)C2. The smallest absolute Gasteiger partial charge is 0.410 e. The Morgan fingerprint density at radius 3 is 2.26 bits per heavy atom. The maximum atomic E-state index is 12.2. The van der Waals surface area contributed by atoms with Gasteiger partial charge in [-0.05, 0) is 34.1 Å². The van der Waals surface area contributed by atoms with E-state index in [1.54, 1.807) is 0 Å². The lowest BCUT2D eigenvalue weighted by molar-refractivity contribution is -0.175. The first kappa shape index (κ1) is 13.2. The van der Waals surface area contributed by atoms with Gasteiger partial charge in [-0.25, -0.2) is 4.79 Å². The molecule has 19 heavy (non-hydrogen) atoms. The highest BCUT2D eigenvalue weighted by atomic mass is 16.6. The van der Waals surface area contributed by atoms with Crippen LogP contribution in [0.25, 0.3) is 0 Å². The van der Waals surface area contributed by atoms with Crippen LogP contribution in [0, 0.1) is 0 Å². The number of hydrogen-bond donors (Lipinski definition) is 0. The van der Waals surface area contributed by atoms with E-state index in [1.165, 1.54) is 0 Å². The van der Waals surface area contributed by atoms with Gasteiger partial charge in [-0.3, -0.25) is 9.80 Å². The van der Waals surface area contributed by atoms with Crippen molar-refractivity contribution in [3.05, 3.63) is 0 Å². The van der Waals surface area contributed by atoms with Crippen molar-refractivity contribution in [3.63, 3.8) is 0 Å². The molecule has 0 saturated carbocycles. The number of piperidine rings is 1. The summed E-state index contributed by atoms with van der Waals surface area (Å²) in [6.45, 7) is 11.5. The second-order valence-electron chi connectivity index (χ2n) is 7.33. The number of ether oxygens (including phenoxy) is 2. The van der Waals surface area contributed by atoms with Crippen LogP contribution in [0.2, 0.25) is 0 Å². The van der Waals surface area contributed by atoms with Gasteiger partial charge in [0.2, 0.25) is 0 Å². The van der Waals surface area contributed by atoms with Gasteiger partial charge in [-0.1, -0.05) is 0 Å². The fourth-order valence-corrected chi connectivity index (χ4v) is 3.24. The first-order chi connectivity index (χ1) is 8.78. The number of amides is 1. The molecule has 2 unspecified atom stereocenters. The third-order valence-electron chi connectivity index (χ3n) is 4.39. The summed E-state index contributed by atoms with van der Waals surface area (Å²) in [6, 6.07) is 0.650. The van der Waals surface area contributed by atoms with Gasteiger partial charge in [-0.15, -0.1) is 0 Å². The number of fused-ring (bicyclic) bond motifs is 2. The zero-order valence-electron chi connectivity index (χ0n) is 12.3. The minimum absolute atomic E-state index is 0.150. The lowest BCUT2D eigenvalue weighted by Gasteiger charge is -2.61. The normalized spacial score (nSPS) is 33.4. The highest BCUT2D eigenvalue weighted by molar-refractivity contribution is 5.70. The van der Waals surface area contributed by atoms with Crippen molar-refractivity contribution in [1.29, 1.82) is 0 Å². The molecule has 5 nitrogen and oxygen atoms in total. The average molecular weight is 268 g/mol. The Morgan fingerprint density at radius 2 is 1.84 bits per heavy atom. The van der Waals surface area contributed by atoms with Gasteiger partial charge < -0.3 is 9.47 Å². The van der Waals surface area contributed by atoms with Crippen molar-refractivity contribution in [3.8, 4) is 0 Å². The number of hydrogen-bond acceptors (Lipinski definition) is 4. The summed E-state index contributed by atoms with van der Waals surface area (Å²) in [6.07, 6.45) is 0.968. The van der Waals surface area contributed by atoms with Crippen molar-refractivity contribution in [2.45, 2.75) is 57.3 Å². The van der Waals surface area contributed by atoms with E-state index in [0.29, 0.717) is 12.1 Å². The van der Waals surface area contributed by atoms with Crippen LogP contribution >= 0.6 is 0 Å². The summed E-state index contributed by atoms with van der Waals surface area (Å²) >= 11 is 0. The predicted molar refractivity (Wildman–Crippen MR) is 71.1 cm³/mol. The highest BCUT2D eigenvalue weighted by Crippen LogP contribution is 2.38. The van der Waals surface area contributed by atoms with E-state index in [2.05, 4.69) is 11.8 Å². The summed E-state index contributed by atoms with van der Waals surface area (Å²) in [4.78, 5) is 16.6. The van der Waals surface area contributed by atoms with Crippen LogP contribution in [0.3, 0.4) is 0 Å². The van der Waals surface area contributed by atoms with E-state index in [-0.39, 0.29) is 11.6 Å². The second-order valence-corrected chi connectivity index (χ2v) is 7.33. The molecular weight excluding hydrogens is 244 g/mol. The van der Waals surface area contributed by atoms with Crippen molar-refractivity contribution in [1.82, 2.24) is 9.80 Å². The highest BCUT2D eigenvalue weighted by Gasteiger charge is 2.53. The summed E-state index contributed by atoms with van der Waals surface area (Å²) in [5.41, 5.74) is -0.217. The van der Waals surface area contributed by atoms with E-state index >= 15 is 0 Å². The molecule has 4 heterocycles. The molecule has 1 amide bonds. The van der Waals surface area contributed by atoms with Gasteiger partial charge in [-0.2, -0.15) is 0 Å². The molecule has 0 N–H and O–H groups in total. The molecule has 4 saturated heterocycles. The zero-order valence-corrected chi connectivity index (χ0v) is 12.3. The first-order valence-electron chi connectivity index (χ1n) is 7.13. The monoisotopic (exact) mass is 268 g/mol. The maximum Gasteiger partial charge on any atom is 0.410 e. The summed E-state index contributed by atoms with van der Waals surface area (Å²) in [5.74, 6) is 0. The Bertz CT molecular complexity index is 375. The van der Waals surface area contributed by atoms with Gasteiger partial charge in [0.25, 0.3) is 0 Å². The molecule has 0 radical (unpaired) electrons. The molecule has 0 spiro atoms. The van der Waals surface area contributed by atoms with Crippen LogP contribution in [0.4, 0.5) is 4.79 Å². The molecule has 5 heteroatoms. The number of piperazine rings is 1. The number of carbonyl (C=O) groups excluding carboxylic acids is 1. The lowest BCUT2D eigenvalue weighted by atomic mass is 9.84. The molecule has 108 valence electrons. The van der Waals surface area contributed by atoms with Crippen molar-refractivity contribution in [2.75, 3.05) is 26.3 Å². The molecule has 4 aliphatic heterocycles. The van der Waals surface area contributed by atoms with E-state index in [0.717, 1.165) is 32.7 Å². The molecule has 4 aliphatic rings. The first-order valence-corrected chi connectivity index (χ1v) is 7.13. The van der Waals surface area contributed by atoms with Crippen LogP contribution in [-0.2, 0) is 9.47 Å². The van der Waals surface area contributed by atoms with Crippen molar-refractivity contribution < 1.29 is 14.3 Å². The minimum atomic E-state index is -0.408. The fraction of sp³-hybridized carbons (Fsp3) is 0.929. The van der Waals surface area contributed by atoms with E-state index in [1.807, 2.05) is 25.7 Å². The van der Waals surface area contributed by atoms with Gasteiger partial charge in [0.15, 0.2) is 0 Å². The topological polar surface area (TPSA) is 42.0 Å². The Hall–Kier alpha value is -0.810. The zero-order chi connectivity index (χ0) is 13.8. The molecule has 4 rings (SSSR count). The lowest BCUT2D eigenvalue weighted by Crippen LogP contribution is -2.75. The second kappa shape index (κ2) is 4.09. The van der Waals surface area contributed by atoms with E-state index < -0.39 is 5.60 Å². The minimum Gasteiger partial charge on any atom is -0.444 e. The standard InChI is InChI=1S/C14H24N2O3/c1-13(2,3)19-12(17)16-10-5-11(16)7-15(6-10)14(4)8-18-9-14/h10-11H,5-9H2,1-4H3. The van der Waals surface area contributed by atoms with Crippen LogP contribution in [0.5, 0.6) is 0 Å². The largest absolute Gasteiger partial charge is 0.444 e. The molecule has 4 fully saturated rings. The molecule has 0 aromatic heterocycles. The quantitative estimate of drug-likeness (QED) is 0.722. The third-order valence-corrected chi connectivity index (χ3v) is 4.39. The van der Waals surface area contributed by atoms with Crippen LogP contribution in [0.1, 0.15) is 34.1 Å². The summed E-state index contributed by atoms with van der Waals surface area (Å²) in [5, 5.41) is 0. The summed E-state index contributed by atoms with van der Waals surface area (Å²) < 4.78 is 10.8. The van der Waals surface area contributed by atoms with Gasteiger partial charge in [0, 0.05) is 13.1 Å². The van der Waals surface area contributed by atoms with Gasteiger partial charge in [0.1, 0.15) is 5.60 Å². The number of rotatable bonds is 1. The van der Waals surface area contributed by atoms with E-state index in [9.17, 15) is 4.79 Å².